The second-order valence-electron chi connectivity index (χ2n) is 7.26. The van der Waals surface area contributed by atoms with E-state index in [-0.39, 0.29) is 18.6 Å². The van der Waals surface area contributed by atoms with Crippen LogP contribution in [0.2, 0.25) is 0 Å². The Balaban J connectivity index is 1.35. The highest BCUT2D eigenvalue weighted by molar-refractivity contribution is 7.89. The second kappa shape index (κ2) is 9.64. The van der Waals surface area contributed by atoms with Gasteiger partial charge in [0.25, 0.3) is 0 Å². The first-order chi connectivity index (χ1) is 13.9. The Morgan fingerprint density at radius 3 is 2.62 bits per heavy atom. The molecule has 3 rings (SSSR count). The third-order valence-corrected chi connectivity index (χ3v) is 7.13. The molecule has 10 heteroatoms. The standard InChI is InChI=1S/C19H30N4O5S/c1-3-29(25,26)21(2)8-4-7-20-19(24)23-11-9-22(10-12-23)14-16-5-6-17-18(13-16)28-15-27-17/h5-6,13H,3-4,7-12,14-15H2,1-2H3,(H,20,24). The molecule has 9 nitrogen and oxygen atoms in total. The minimum atomic E-state index is -3.16. The lowest BCUT2D eigenvalue weighted by atomic mass is 10.1. The second-order valence-corrected chi connectivity index (χ2v) is 9.62. The topological polar surface area (TPSA) is 91.4 Å². The third-order valence-electron chi connectivity index (χ3n) is 5.27. The first-order valence-electron chi connectivity index (χ1n) is 9.96. The van der Waals surface area contributed by atoms with E-state index >= 15 is 0 Å². The van der Waals surface area contributed by atoms with Gasteiger partial charge in [-0.2, -0.15) is 0 Å². The van der Waals surface area contributed by atoms with Crippen molar-refractivity contribution in [2.45, 2.75) is 19.9 Å². The molecule has 1 aromatic rings. The molecule has 2 heterocycles. The molecule has 1 N–H and O–H groups in total. The summed E-state index contributed by atoms with van der Waals surface area (Å²) in [6.07, 6.45) is 0.589. The molecule has 2 aliphatic heterocycles. The van der Waals surface area contributed by atoms with Crippen LogP contribution >= 0.6 is 0 Å². The molecule has 1 saturated heterocycles. The molecule has 29 heavy (non-hydrogen) atoms. The van der Waals surface area contributed by atoms with Crippen LogP contribution < -0.4 is 14.8 Å². The minimum Gasteiger partial charge on any atom is -0.454 e. The number of piperazine rings is 1. The summed E-state index contributed by atoms with van der Waals surface area (Å²) in [5.41, 5.74) is 1.17. The number of urea groups is 1. The summed E-state index contributed by atoms with van der Waals surface area (Å²) in [5, 5.41) is 2.89. The van der Waals surface area contributed by atoms with Gasteiger partial charge in [0.05, 0.1) is 5.75 Å². The van der Waals surface area contributed by atoms with E-state index in [9.17, 15) is 13.2 Å². The lowest BCUT2D eigenvalue weighted by molar-refractivity contribution is 0.135. The summed E-state index contributed by atoms with van der Waals surface area (Å²) < 4.78 is 35.5. The Kier molecular flexibility index (Phi) is 7.20. The molecule has 0 spiro atoms. The third kappa shape index (κ3) is 5.74. The number of nitrogens with one attached hydrogen (secondary N) is 1. The number of carbonyl (C=O) groups excluding carboxylic acids is 1. The van der Waals surface area contributed by atoms with E-state index < -0.39 is 10.0 Å². The zero-order valence-electron chi connectivity index (χ0n) is 17.1. The van der Waals surface area contributed by atoms with Crippen LogP contribution in [0.15, 0.2) is 18.2 Å². The van der Waals surface area contributed by atoms with Crippen LogP contribution in [0.1, 0.15) is 18.9 Å². The highest BCUT2D eigenvalue weighted by Gasteiger charge is 2.22. The first-order valence-corrected chi connectivity index (χ1v) is 11.6. The molecule has 0 aromatic heterocycles. The zero-order chi connectivity index (χ0) is 20.9. The predicted molar refractivity (Wildman–Crippen MR) is 110 cm³/mol. The van der Waals surface area contributed by atoms with Crippen molar-refractivity contribution in [3.63, 3.8) is 0 Å². The molecule has 0 saturated carbocycles. The van der Waals surface area contributed by atoms with Crippen LogP contribution in [0.4, 0.5) is 4.79 Å². The molecule has 0 aliphatic carbocycles. The van der Waals surface area contributed by atoms with Crippen LogP contribution in [-0.4, -0.2) is 87.4 Å². The number of amides is 2. The molecule has 0 unspecified atom stereocenters. The molecule has 2 aliphatic rings. The zero-order valence-corrected chi connectivity index (χ0v) is 17.9. The molecule has 0 atom stereocenters. The molecule has 0 radical (unpaired) electrons. The predicted octanol–water partition coefficient (Wildman–Crippen LogP) is 0.914. The van der Waals surface area contributed by atoms with Gasteiger partial charge < -0.3 is 19.7 Å². The summed E-state index contributed by atoms with van der Waals surface area (Å²) in [4.78, 5) is 16.4. The van der Waals surface area contributed by atoms with Gasteiger partial charge in [-0.25, -0.2) is 17.5 Å². The number of sulfonamides is 1. The quantitative estimate of drug-likeness (QED) is 0.622. The van der Waals surface area contributed by atoms with Gasteiger partial charge in [0.1, 0.15) is 0 Å². The molecular weight excluding hydrogens is 396 g/mol. The van der Waals surface area contributed by atoms with Crippen molar-refractivity contribution in [1.29, 1.82) is 0 Å². The van der Waals surface area contributed by atoms with Crippen LogP contribution in [0.3, 0.4) is 0 Å². The van der Waals surface area contributed by atoms with Crippen molar-refractivity contribution in [2.24, 2.45) is 0 Å². The van der Waals surface area contributed by atoms with Crippen LogP contribution in [-0.2, 0) is 16.6 Å². The largest absolute Gasteiger partial charge is 0.454 e. The number of benzene rings is 1. The minimum absolute atomic E-state index is 0.0891. The molecular formula is C19H30N4O5S. The maximum Gasteiger partial charge on any atom is 0.317 e. The van der Waals surface area contributed by atoms with Gasteiger partial charge in [0.2, 0.25) is 16.8 Å². The monoisotopic (exact) mass is 426 g/mol. The van der Waals surface area contributed by atoms with Crippen molar-refractivity contribution >= 4 is 16.1 Å². The van der Waals surface area contributed by atoms with E-state index in [1.54, 1.807) is 14.0 Å². The van der Waals surface area contributed by atoms with Crippen LogP contribution in [0, 0.1) is 0 Å². The number of nitrogens with zero attached hydrogens (tertiary/aromatic N) is 3. The molecule has 1 aromatic carbocycles. The van der Waals surface area contributed by atoms with Crippen molar-refractivity contribution in [2.75, 3.05) is 58.9 Å². The lowest BCUT2D eigenvalue weighted by Crippen LogP contribution is -2.51. The van der Waals surface area contributed by atoms with Gasteiger partial charge in [-0.1, -0.05) is 6.07 Å². The Morgan fingerprint density at radius 1 is 1.17 bits per heavy atom. The van der Waals surface area contributed by atoms with Gasteiger partial charge in [-0.15, -0.1) is 0 Å². The molecule has 162 valence electrons. The van der Waals surface area contributed by atoms with E-state index in [1.165, 1.54) is 9.87 Å². The van der Waals surface area contributed by atoms with Gasteiger partial charge in [-0.05, 0) is 31.0 Å². The van der Waals surface area contributed by atoms with Gasteiger partial charge in [-0.3, -0.25) is 4.90 Å². The van der Waals surface area contributed by atoms with Crippen molar-refractivity contribution in [3.05, 3.63) is 23.8 Å². The highest BCUT2D eigenvalue weighted by atomic mass is 32.2. The fourth-order valence-electron chi connectivity index (χ4n) is 3.37. The number of rotatable bonds is 8. The Bertz CT molecular complexity index is 809. The van der Waals surface area contributed by atoms with E-state index in [2.05, 4.69) is 10.2 Å². The summed E-state index contributed by atoms with van der Waals surface area (Å²) >= 11 is 0. The van der Waals surface area contributed by atoms with E-state index in [4.69, 9.17) is 9.47 Å². The molecule has 0 bridgehead atoms. The number of carbonyl (C=O) groups is 1. The van der Waals surface area contributed by atoms with Crippen LogP contribution in [0.25, 0.3) is 0 Å². The fourth-order valence-corrected chi connectivity index (χ4v) is 4.22. The van der Waals surface area contributed by atoms with Crippen molar-refractivity contribution < 1.29 is 22.7 Å². The van der Waals surface area contributed by atoms with E-state index in [1.807, 2.05) is 23.1 Å². The number of hydrogen-bond donors (Lipinski definition) is 1. The van der Waals surface area contributed by atoms with E-state index in [0.717, 1.165) is 31.1 Å². The molecule has 2 amide bonds. The smallest absolute Gasteiger partial charge is 0.317 e. The Labute approximate surface area is 172 Å². The van der Waals surface area contributed by atoms with Gasteiger partial charge in [0, 0.05) is 52.9 Å². The summed E-state index contributed by atoms with van der Waals surface area (Å²) in [7, 11) is -1.60. The average Bonchev–Trinajstić information content (AvgIpc) is 3.19. The summed E-state index contributed by atoms with van der Waals surface area (Å²) in [6.45, 7) is 6.51. The number of hydrogen-bond acceptors (Lipinski definition) is 6. The van der Waals surface area contributed by atoms with Crippen molar-refractivity contribution in [3.8, 4) is 11.5 Å². The maximum atomic E-state index is 12.3. The van der Waals surface area contributed by atoms with E-state index in [0.29, 0.717) is 32.6 Å². The normalized spacial score (nSPS) is 17.0. The maximum absolute atomic E-state index is 12.3. The lowest BCUT2D eigenvalue weighted by Gasteiger charge is -2.34. The summed E-state index contributed by atoms with van der Waals surface area (Å²) in [5.74, 6) is 1.67. The number of fused-ring (bicyclic) bond motifs is 1. The van der Waals surface area contributed by atoms with Crippen LogP contribution in [0.5, 0.6) is 11.5 Å². The van der Waals surface area contributed by atoms with Crippen molar-refractivity contribution in [1.82, 2.24) is 19.4 Å². The fraction of sp³-hybridized carbons (Fsp3) is 0.632. The Hall–Kier alpha value is -2.04. The van der Waals surface area contributed by atoms with Gasteiger partial charge in [0.15, 0.2) is 11.5 Å². The molecule has 1 fully saturated rings. The first kappa shape index (κ1) is 21.7. The average molecular weight is 427 g/mol. The van der Waals surface area contributed by atoms with Gasteiger partial charge >= 0.3 is 6.03 Å². The Morgan fingerprint density at radius 2 is 1.90 bits per heavy atom. The SMILES string of the molecule is CCS(=O)(=O)N(C)CCCNC(=O)N1CCN(Cc2ccc3c(c2)OCO3)CC1. The highest BCUT2D eigenvalue weighted by Crippen LogP contribution is 2.32. The summed E-state index contributed by atoms with van der Waals surface area (Å²) in [6, 6.07) is 5.90. The number of ether oxygens (including phenoxy) is 2.